The topological polar surface area (TPSA) is 76.1 Å². The number of likely N-dealkylation sites (tertiary alicyclic amines) is 1. The van der Waals surface area contributed by atoms with Gasteiger partial charge in [0.1, 0.15) is 29.8 Å². The van der Waals surface area contributed by atoms with E-state index in [1.165, 1.54) is 23.6 Å². The minimum absolute atomic E-state index is 0.0543. The third kappa shape index (κ3) is 8.13. The molecule has 3 aliphatic rings. The summed E-state index contributed by atoms with van der Waals surface area (Å²) in [6.07, 6.45) is 6.51. The summed E-state index contributed by atoms with van der Waals surface area (Å²) in [6.45, 7) is 5.15. The van der Waals surface area contributed by atoms with Crippen molar-refractivity contribution in [2.24, 2.45) is 0 Å². The van der Waals surface area contributed by atoms with Crippen LogP contribution in [0.25, 0.3) is 10.8 Å². The van der Waals surface area contributed by atoms with Gasteiger partial charge in [-0.25, -0.2) is 8.78 Å². The first-order valence-corrected chi connectivity index (χ1v) is 25.1. The van der Waals surface area contributed by atoms with Crippen LogP contribution in [-0.2, 0) is 30.7 Å². The molecule has 1 unspecified atom stereocenters. The van der Waals surface area contributed by atoms with Crippen molar-refractivity contribution in [3.05, 3.63) is 76.2 Å². The number of fused-ring (bicyclic) bond motifs is 3. The number of nitrogens with zero attached hydrogens (tertiary/aromatic N) is 6. The zero-order valence-corrected chi connectivity index (χ0v) is 34.5. The molecule has 2 aromatic carbocycles. The van der Waals surface area contributed by atoms with Crippen LogP contribution in [0.2, 0.25) is 0 Å². The molecule has 9 nitrogen and oxygen atoms in total. The van der Waals surface area contributed by atoms with Gasteiger partial charge in [0.05, 0.1) is 32.1 Å². The number of hydrogen-bond donors (Lipinski definition) is 0. The molecule has 15 heteroatoms. The number of methoxy groups -OCH3 is 1. The van der Waals surface area contributed by atoms with E-state index in [9.17, 15) is 0 Å². The molecule has 4 aromatic rings. The number of aromatic nitrogens is 3. The Hall–Kier alpha value is -2.29. The van der Waals surface area contributed by atoms with Crippen LogP contribution in [0.4, 0.5) is 20.3 Å². The van der Waals surface area contributed by atoms with Crippen LogP contribution >= 0.6 is 57.9 Å². The van der Waals surface area contributed by atoms with Gasteiger partial charge in [-0.3, -0.25) is 4.98 Å². The summed E-state index contributed by atoms with van der Waals surface area (Å²) in [5, 5.41) is 4.67. The van der Waals surface area contributed by atoms with E-state index in [1.54, 1.807) is 19.4 Å². The van der Waals surface area contributed by atoms with Crippen molar-refractivity contribution in [1.29, 1.82) is 0 Å². The van der Waals surface area contributed by atoms with E-state index in [1.807, 2.05) is 12.1 Å². The van der Waals surface area contributed by atoms with E-state index in [4.69, 9.17) is 24.2 Å². The summed E-state index contributed by atoms with van der Waals surface area (Å²) in [7, 11) is 3.69. The monoisotopic (exact) mass is 956 g/mol. The van der Waals surface area contributed by atoms with Crippen LogP contribution < -0.4 is 19.3 Å². The van der Waals surface area contributed by atoms with Crippen LogP contribution in [0.3, 0.4) is 0 Å². The maximum atomic E-state index is 15.6. The Kier molecular flexibility index (Phi) is 11.9. The van der Waals surface area contributed by atoms with Crippen molar-refractivity contribution in [3.8, 4) is 22.9 Å². The predicted molar refractivity (Wildman–Crippen MR) is 217 cm³/mol. The summed E-state index contributed by atoms with van der Waals surface area (Å²) in [4.78, 5) is 20.8. The van der Waals surface area contributed by atoms with Gasteiger partial charge in [0.25, 0.3) is 0 Å². The second-order valence-corrected chi connectivity index (χ2v) is 30.7. The van der Waals surface area contributed by atoms with E-state index in [0.29, 0.717) is 62.0 Å². The van der Waals surface area contributed by atoms with Crippen LogP contribution in [0.1, 0.15) is 47.7 Å². The number of ether oxygens (including phenoxy) is 3. The Labute approximate surface area is 328 Å². The highest BCUT2D eigenvalue weighted by Gasteiger charge is 2.33. The normalized spacial score (nSPS) is 18.8. The molecule has 268 valence electrons. The molecular formula is C36H37F2I2N6O3PS. The van der Waals surface area contributed by atoms with Crippen molar-refractivity contribution < 1.29 is 23.0 Å². The smallest absolute Gasteiger partial charge is 0.318 e. The lowest BCUT2D eigenvalue weighted by atomic mass is 9.94. The molecule has 1 saturated heterocycles. The summed E-state index contributed by atoms with van der Waals surface area (Å²) in [6, 6.07) is 7.71. The number of pyridine rings is 1. The van der Waals surface area contributed by atoms with Gasteiger partial charge in [0, 0.05) is 61.1 Å². The highest BCUT2D eigenvalue weighted by Crippen LogP contribution is 2.64. The summed E-state index contributed by atoms with van der Waals surface area (Å²) >= 11 is 6.20. The van der Waals surface area contributed by atoms with Gasteiger partial charge in [-0.1, -0.05) is 12.0 Å². The average Bonchev–Trinajstić information content (AvgIpc) is 3.53. The molecule has 5 heterocycles. The van der Waals surface area contributed by atoms with Gasteiger partial charge < -0.3 is 28.9 Å². The summed E-state index contributed by atoms with van der Waals surface area (Å²) in [5.41, 5.74) is 4.56. The highest BCUT2D eigenvalue weighted by molar-refractivity contribution is 14.3. The molecule has 7 rings (SSSR count). The van der Waals surface area contributed by atoms with Crippen molar-refractivity contribution in [3.63, 3.8) is 0 Å². The second kappa shape index (κ2) is 16.4. The molecule has 2 atom stereocenters. The molecule has 0 amide bonds. The lowest BCUT2D eigenvalue weighted by molar-refractivity contribution is 0.0512. The molecule has 2 aromatic heterocycles. The van der Waals surface area contributed by atoms with Gasteiger partial charge in [-0.15, -0.1) is 0 Å². The SMILES string of the molecule is COCOc1cc(N2CCc3c(nc(OC[C@@H]4CCCN4C)nc3N3Cc4c(F)cncc4CC3C)C2)c2c(C#CSP(I)I)c(F)ccc2c1. The van der Waals surface area contributed by atoms with Crippen LogP contribution in [0.5, 0.6) is 11.8 Å². The van der Waals surface area contributed by atoms with Gasteiger partial charge >= 0.3 is 6.01 Å². The maximum absolute atomic E-state index is 15.6. The molecule has 1 fully saturated rings. The van der Waals surface area contributed by atoms with Crippen LogP contribution in [0, 0.1) is 22.8 Å². The van der Waals surface area contributed by atoms with Crippen molar-refractivity contribution in [1.82, 2.24) is 19.9 Å². The fourth-order valence-corrected chi connectivity index (χ4v) is 9.56. The molecule has 0 radical (unpaired) electrons. The fourth-order valence-electron chi connectivity index (χ4n) is 7.23. The Morgan fingerprint density at radius 1 is 1.06 bits per heavy atom. The quantitative estimate of drug-likeness (QED) is 0.0707. The third-order valence-corrected chi connectivity index (χ3v) is 14.4. The van der Waals surface area contributed by atoms with Crippen LogP contribution in [-0.4, -0.2) is 72.6 Å². The zero-order valence-electron chi connectivity index (χ0n) is 28.5. The minimum atomic E-state index is -0.391. The first-order valence-electron chi connectivity index (χ1n) is 16.7. The summed E-state index contributed by atoms with van der Waals surface area (Å²) < 4.78 is 47.8. The third-order valence-electron chi connectivity index (χ3n) is 9.84. The molecular weight excluding hydrogens is 919 g/mol. The lowest BCUT2D eigenvalue weighted by Crippen LogP contribution is -2.42. The van der Waals surface area contributed by atoms with E-state index in [2.05, 4.69) is 88.9 Å². The largest absolute Gasteiger partial charge is 0.467 e. The standard InChI is InChI=1S/C36H37F2I2N6O3PS/c1-22-13-24-16-41-17-31(38)29(24)18-46(22)35-28-8-11-45(19-32(28)42-36(43-35)48-20-25-5-4-10-44(25)2)33-15-26(49-21-47-3)14-23-6-7-30(37)27(34(23)33)9-12-51-50(39)40/h6-7,14-17,22,25H,4-5,8,10-11,13,18-21H2,1-3H3/t22?,25-/m0/s1. The molecule has 0 bridgehead atoms. The van der Waals surface area contributed by atoms with Crippen molar-refractivity contribution in [2.75, 3.05) is 50.4 Å². The number of anilines is 2. The lowest BCUT2D eigenvalue weighted by Gasteiger charge is -2.39. The number of rotatable bonds is 9. The van der Waals surface area contributed by atoms with E-state index < -0.39 is 2.41 Å². The van der Waals surface area contributed by atoms with Crippen molar-refractivity contribution in [2.45, 2.75) is 57.8 Å². The number of likely N-dealkylation sites (N-methyl/N-ethyl adjacent to an activating group) is 1. The zero-order chi connectivity index (χ0) is 35.6. The fraction of sp³-hybridized carbons (Fsp3) is 0.417. The molecule has 3 aliphatic heterocycles. The molecule has 0 N–H and O–H groups in total. The van der Waals surface area contributed by atoms with E-state index >= 15 is 8.78 Å². The van der Waals surface area contributed by atoms with Crippen molar-refractivity contribution >= 4 is 80.1 Å². The summed E-state index contributed by atoms with van der Waals surface area (Å²) in [5.74, 6) is 3.84. The van der Waals surface area contributed by atoms with Gasteiger partial charge in [-0.2, -0.15) is 9.97 Å². The number of hydrogen-bond acceptors (Lipinski definition) is 10. The molecule has 0 spiro atoms. The van der Waals surface area contributed by atoms with E-state index in [0.717, 1.165) is 58.5 Å². The number of halogens is 4. The second-order valence-electron chi connectivity index (χ2n) is 13.0. The minimum Gasteiger partial charge on any atom is -0.467 e. The first-order chi connectivity index (χ1) is 24.7. The first kappa shape index (κ1) is 37.0. The molecule has 0 saturated carbocycles. The predicted octanol–water partition coefficient (Wildman–Crippen LogP) is 8.41. The van der Waals surface area contributed by atoms with E-state index in [-0.39, 0.29) is 30.5 Å². The molecule has 0 aliphatic carbocycles. The molecule has 51 heavy (non-hydrogen) atoms. The Morgan fingerprint density at radius 3 is 2.71 bits per heavy atom. The van der Waals surface area contributed by atoms with Gasteiger partial charge in [-0.05, 0) is 130 Å². The Bertz CT molecular complexity index is 2000. The average molecular weight is 957 g/mol. The van der Waals surface area contributed by atoms with Gasteiger partial charge in [0.15, 0.2) is 6.79 Å². The Balaban J connectivity index is 1.31. The van der Waals surface area contributed by atoms with Gasteiger partial charge in [0.2, 0.25) is 0 Å². The Morgan fingerprint density at radius 2 is 1.92 bits per heavy atom. The number of benzene rings is 2. The highest BCUT2D eigenvalue weighted by atomic mass is 127. The maximum Gasteiger partial charge on any atom is 0.318 e. The van der Waals surface area contributed by atoms with Crippen LogP contribution in [0.15, 0.2) is 36.7 Å².